The Bertz CT molecular complexity index is 169. The van der Waals surface area contributed by atoms with E-state index in [9.17, 15) is 0 Å². The molecule has 1 aliphatic heterocycles. The average molecular weight is 183 g/mol. The van der Waals surface area contributed by atoms with Crippen LogP contribution in [0, 0.1) is 11.8 Å². The second-order valence-electron chi connectivity index (χ2n) is 4.05. The highest BCUT2D eigenvalue weighted by molar-refractivity contribution is 5.09. The van der Waals surface area contributed by atoms with E-state index in [-0.39, 0.29) is 0 Å². The van der Waals surface area contributed by atoms with E-state index in [0.29, 0.717) is 11.8 Å². The lowest BCUT2D eigenvalue weighted by Crippen LogP contribution is -2.15. The lowest BCUT2D eigenvalue weighted by molar-refractivity contribution is 0.191. The highest BCUT2D eigenvalue weighted by Crippen LogP contribution is 2.18. The maximum absolute atomic E-state index is 5.35. The van der Waals surface area contributed by atoms with Crippen molar-refractivity contribution in [2.24, 2.45) is 11.8 Å². The molecule has 1 aliphatic rings. The summed E-state index contributed by atoms with van der Waals surface area (Å²) >= 11 is 0. The second-order valence-corrected chi connectivity index (χ2v) is 4.05. The molecule has 0 aromatic carbocycles. The zero-order valence-corrected chi connectivity index (χ0v) is 8.97. The first-order valence-electron chi connectivity index (χ1n) is 5.17. The summed E-state index contributed by atoms with van der Waals surface area (Å²) in [4.78, 5) is 0. The molecule has 1 heterocycles. The van der Waals surface area contributed by atoms with Crippen LogP contribution in [0.1, 0.15) is 20.3 Å². The molecule has 1 atom stereocenters. The topological polar surface area (TPSA) is 21.3 Å². The number of hydrogen-bond acceptors (Lipinski definition) is 2. The van der Waals surface area contributed by atoms with Crippen LogP contribution in [0.3, 0.4) is 0 Å². The van der Waals surface area contributed by atoms with Gasteiger partial charge >= 0.3 is 0 Å². The van der Waals surface area contributed by atoms with Gasteiger partial charge in [0.1, 0.15) is 0 Å². The molecule has 13 heavy (non-hydrogen) atoms. The highest BCUT2D eigenvalue weighted by Gasteiger charge is 2.14. The molecule has 0 spiro atoms. The normalized spacial score (nSPS) is 24.3. The summed E-state index contributed by atoms with van der Waals surface area (Å²) in [5.41, 5.74) is 1.51. The monoisotopic (exact) mass is 183 g/mol. The zero-order chi connectivity index (χ0) is 9.68. The largest absolute Gasteiger partial charge is 0.381 e. The van der Waals surface area contributed by atoms with Crippen molar-refractivity contribution in [1.29, 1.82) is 0 Å². The van der Waals surface area contributed by atoms with Crippen LogP contribution in [0.5, 0.6) is 0 Å². The van der Waals surface area contributed by atoms with Crippen LogP contribution in [0.15, 0.2) is 11.6 Å². The van der Waals surface area contributed by atoms with Crippen molar-refractivity contribution in [3.8, 4) is 0 Å². The molecule has 0 bridgehead atoms. The predicted octanol–water partition coefficient (Wildman–Crippen LogP) is 1.82. The van der Waals surface area contributed by atoms with Crippen LogP contribution < -0.4 is 5.32 Å². The molecular formula is C11H21NO. The first-order valence-corrected chi connectivity index (χ1v) is 5.17. The van der Waals surface area contributed by atoms with Crippen LogP contribution >= 0.6 is 0 Å². The van der Waals surface area contributed by atoms with Gasteiger partial charge in [-0.1, -0.05) is 25.5 Å². The molecule has 1 fully saturated rings. The zero-order valence-electron chi connectivity index (χ0n) is 8.97. The highest BCUT2D eigenvalue weighted by atomic mass is 16.5. The van der Waals surface area contributed by atoms with Crippen molar-refractivity contribution < 1.29 is 4.74 Å². The summed E-state index contributed by atoms with van der Waals surface area (Å²) in [6, 6.07) is 0. The molecule has 1 rings (SSSR count). The number of nitrogens with one attached hydrogen (secondary N) is 1. The number of likely N-dealkylation sites (N-methyl/N-ethyl adjacent to an activating group) is 1. The van der Waals surface area contributed by atoms with Gasteiger partial charge in [-0.3, -0.25) is 0 Å². The number of hydrogen-bond donors (Lipinski definition) is 1. The third-order valence-electron chi connectivity index (χ3n) is 2.54. The molecule has 0 aliphatic carbocycles. The van der Waals surface area contributed by atoms with E-state index in [0.717, 1.165) is 19.8 Å². The molecule has 0 aromatic rings. The van der Waals surface area contributed by atoms with Crippen molar-refractivity contribution >= 4 is 0 Å². The van der Waals surface area contributed by atoms with Crippen LogP contribution in [0.25, 0.3) is 0 Å². The Hall–Kier alpha value is -0.340. The third kappa shape index (κ3) is 3.49. The Balaban J connectivity index is 2.50. The molecule has 0 radical (unpaired) electrons. The first kappa shape index (κ1) is 10.7. The van der Waals surface area contributed by atoms with E-state index in [1.807, 2.05) is 7.05 Å². The Labute approximate surface area is 81.4 Å². The minimum atomic E-state index is 0.646. The summed E-state index contributed by atoms with van der Waals surface area (Å²) in [6.45, 7) is 7.36. The van der Waals surface area contributed by atoms with Gasteiger partial charge in [-0.05, 0) is 19.4 Å². The number of rotatable bonds is 4. The van der Waals surface area contributed by atoms with Gasteiger partial charge in [0.15, 0.2) is 0 Å². The minimum absolute atomic E-state index is 0.646. The molecule has 1 unspecified atom stereocenters. The quantitative estimate of drug-likeness (QED) is 0.671. The lowest BCUT2D eigenvalue weighted by atomic mass is 9.97. The Morgan fingerprint density at radius 1 is 1.62 bits per heavy atom. The van der Waals surface area contributed by atoms with Crippen LogP contribution in [-0.2, 0) is 4.74 Å². The van der Waals surface area contributed by atoms with Gasteiger partial charge in [0.05, 0.1) is 6.61 Å². The standard InChI is InChI=1S/C11H21NO/c1-9(2)11(7-12-3)6-10-4-5-13-8-10/h6,9-10,12H,4-5,7-8H2,1-3H3/b11-6+. The molecule has 2 heteroatoms. The molecule has 0 aromatic heterocycles. The van der Waals surface area contributed by atoms with E-state index >= 15 is 0 Å². The maximum Gasteiger partial charge on any atom is 0.0529 e. The summed E-state index contributed by atoms with van der Waals surface area (Å²) in [5.74, 6) is 1.30. The lowest BCUT2D eigenvalue weighted by Gasteiger charge is -2.13. The smallest absolute Gasteiger partial charge is 0.0529 e. The first-order chi connectivity index (χ1) is 6.24. The third-order valence-corrected chi connectivity index (χ3v) is 2.54. The number of ether oxygens (including phenoxy) is 1. The minimum Gasteiger partial charge on any atom is -0.381 e. The van der Waals surface area contributed by atoms with Gasteiger partial charge in [0.2, 0.25) is 0 Å². The van der Waals surface area contributed by atoms with Gasteiger partial charge in [-0.15, -0.1) is 0 Å². The fraction of sp³-hybridized carbons (Fsp3) is 0.818. The Morgan fingerprint density at radius 3 is 2.85 bits per heavy atom. The molecule has 76 valence electrons. The van der Waals surface area contributed by atoms with E-state index < -0.39 is 0 Å². The Morgan fingerprint density at radius 2 is 2.38 bits per heavy atom. The average Bonchev–Trinajstić information content (AvgIpc) is 2.56. The molecule has 0 amide bonds. The van der Waals surface area contributed by atoms with Gasteiger partial charge in [0.25, 0.3) is 0 Å². The molecule has 2 nitrogen and oxygen atoms in total. The summed E-state index contributed by atoms with van der Waals surface area (Å²) in [6.07, 6.45) is 3.59. The SMILES string of the molecule is CNC/C(=C\C1CCOC1)C(C)C. The van der Waals surface area contributed by atoms with E-state index in [4.69, 9.17) is 4.74 Å². The van der Waals surface area contributed by atoms with Crippen molar-refractivity contribution in [2.75, 3.05) is 26.8 Å². The van der Waals surface area contributed by atoms with E-state index in [1.165, 1.54) is 12.0 Å². The molecule has 0 saturated carbocycles. The van der Waals surface area contributed by atoms with Gasteiger partial charge in [-0.2, -0.15) is 0 Å². The predicted molar refractivity (Wildman–Crippen MR) is 55.8 cm³/mol. The summed E-state index contributed by atoms with van der Waals surface area (Å²) in [7, 11) is 2.00. The van der Waals surface area contributed by atoms with Crippen molar-refractivity contribution in [2.45, 2.75) is 20.3 Å². The van der Waals surface area contributed by atoms with Crippen molar-refractivity contribution in [3.63, 3.8) is 0 Å². The van der Waals surface area contributed by atoms with Crippen LogP contribution in [0.2, 0.25) is 0 Å². The van der Waals surface area contributed by atoms with Crippen molar-refractivity contribution in [3.05, 3.63) is 11.6 Å². The maximum atomic E-state index is 5.35. The van der Waals surface area contributed by atoms with E-state index in [2.05, 4.69) is 25.2 Å². The Kier molecular flexibility index (Phi) is 4.46. The summed E-state index contributed by atoms with van der Waals surface area (Å²) in [5, 5.41) is 3.21. The van der Waals surface area contributed by atoms with E-state index in [1.54, 1.807) is 0 Å². The fourth-order valence-corrected chi connectivity index (χ4v) is 1.65. The summed E-state index contributed by atoms with van der Waals surface area (Å²) < 4.78 is 5.35. The van der Waals surface area contributed by atoms with Gasteiger partial charge in [0, 0.05) is 19.1 Å². The van der Waals surface area contributed by atoms with Crippen LogP contribution in [-0.4, -0.2) is 26.8 Å². The fourth-order valence-electron chi connectivity index (χ4n) is 1.65. The van der Waals surface area contributed by atoms with Gasteiger partial charge < -0.3 is 10.1 Å². The van der Waals surface area contributed by atoms with Crippen LogP contribution in [0.4, 0.5) is 0 Å². The molecule has 1 N–H and O–H groups in total. The second kappa shape index (κ2) is 5.40. The molecule has 1 saturated heterocycles. The molecular weight excluding hydrogens is 162 g/mol. The van der Waals surface area contributed by atoms with Crippen molar-refractivity contribution in [1.82, 2.24) is 5.32 Å². The van der Waals surface area contributed by atoms with Gasteiger partial charge in [-0.25, -0.2) is 0 Å².